The van der Waals surface area contributed by atoms with Gasteiger partial charge in [-0.3, -0.25) is 0 Å². The summed E-state index contributed by atoms with van der Waals surface area (Å²) in [6.07, 6.45) is 11.9. The lowest BCUT2D eigenvalue weighted by atomic mass is 9.72. The highest BCUT2D eigenvalue weighted by atomic mass is 17.3. The lowest BCUT2D eigenvalue weighted by Crippen LogP contribution is -2.54. The van der Waals surface area contributed by atoms with E-state index < -0.39 is 5.79 Å². The molecule has 4 heteroatoms. The van der Waals surface area contributed by atoms with Crippen molar-refractivity contribution in [1.29, 1.82) is 0 Å². The van der Waals surface area contributed by atoms with Crippen LogP contribution in [0.4, 0.5) is 0 Å². The highest BCUT2D eigenvalue weighted by Gasteiger charge is 2.54. The van der Waals surface area contributed by atoms with Gasteiger partial charge in [0, 0.05) is 11.8 Å². The number of hydrogen-bond acceptors (Lipinski definition) is 4. The van der Waals surface area contributed by atoms with Crippen molar-refractivity contribution < 1.29 is 19.6 Å². The Hall–Kier alpha value is -0.160. The summed E-state index contributed by atoms with van der Waals surface area (Å²) in [6, 6.07) is 0. The van der Waals surface area contributed by atoms with Crippen LogP contribution in [0.25, 0.3) is 0 Å². The van der Waals surface area contributed by atoms with Crippen LogP contribution in [0.5, 0.6) is 0 Å². The zero-order chi connectivity index (χ0) is 21.3. The molecule has 1 fully saturated rings. The van der Waals surface area contributed by atoms with E-state index in [1.54, 1.807) is 0 Å². The molecule has 0 aromatic carbocycles. The molecule has 0 bridgehead atoms. The Morgan fingerprint density at radius 1 is 0.643 bits per heavy atom. The highest BCUT2D eigenvalue weighted by molar-refractivity contribution is 4.91. The summed E-state index contributed by atoms with van der Waals surface area (Å²) < 4.78 is 0. The van der Waals surface area contributed by atoms with Gasteiger partial charge in [-0.25, -0.2) is 9.78 Å². The quantitative estimate of drug-likeness (QED) is 0.169. The Morgan fingerprint density at radius 3 is 1.36 bits per heavy atom. The molecule has 1 aliphatic rings. The normalized spacial score (nSPS) is 19.7. The second kappa shape index (κ2) is 11.3. The molecule has 28 heavy (non-hydrogen) atoms. The molecule has 0 N–H and O–H groups in total. The van der Waals surface area contributed by atoms with Crippen molar-refractivity contribution >= 4 is 0 Å². The van der Waals surface area contributed by atoms with Crippen LogP contribution in [0, 0.1) is 5.41 Å². The first-order valence-electron chi connectivity index (χ1n) is 12.0. The van der Waals surface area contributed by atoms with Crippen LogP contribution in [0.1, 0.15) is 132 Å². The maximum Gasteiger partial charge on any atom is 0.238 e. The SMILES string of the molecule is CCCC(CC)(CC)OOC1(OOC(CC)(CC)CCC)CCCCC1(C)C. The third-order valence-corrected chi connectivity index (χ3v) is 7.28. The topological polar surface area (TPSA) is 36.9 Å². The van der Waals surface area contributed by atoms with Crippen molar-refractivity contribution in [3.8, 4) is 0 Å². The van der Waals surface area contributed by atoms with Gasteiger partial charge < -0.3 is 0 Å². The third-order valence-electron chi connectivity index (χ3n) is 7.28. The molecular weight excluding hydrogens is 352 g/mol. The fourth-order valence-corrected chi connectivity index (χ4v) is 4.53. The fourth-order valence-electron chi connectivity index (χ4n) is 4.53. The minimum Gasteiger partial charge on any atom is -0.227 e. The Balaban J connectivity index is 3.07. The Labute approximate surface area is 174 Å². The fraction of sp³-hybridized carbons (Fsp3) is 1.00. The maximum absolute atomic E-state index is 6.30. The Bertz CT molecular complexity index is 398. The van der Waals surface area contributed by atoms with Gasteiger partial charge in [-0.1, -0.05) is 74.7 Å². The molecule has 1 saturated carbocycles. The lowest BCUT2D eigenvalue weighted by molar-refractivity contribution is -0.572. The summed E-state index contributed by atoms with van der Waals surface area (Å²) in [5.41, 5.74) is -0.687. The molecule has 0 heterocycles. The molecule has 0 atom stereocenters. The van der Waals surface area contributed by atoms with Gasteiger partial charge in [-0.2, -0.15) is 9.78 Å². The van der Waals surface area contributed by atoms with E-state index in [-0.39, 0.29) is 16.6 Å². The van der Waals surface area contributed by atoms with E-state index >= 15 is 0 Å². The molecule has 1 aliphatic carbocycles. The largest absolute Gasteiger partial charge is 0.238 e. The average Bonchev–Trinajstić information content (AvgIpc) is 2.70. The zero-order valence-corrected chi connectivity index (χ0v) is 20.1. The maximum atomic E-state index is 6.30. The van der Waals surface area contributed by atoms with Crippen molar-refractivity contribution in [2.45, 2.75) is 149 Å². The first-order valence-corrected chi connectivity index (χ1v) is 12.0. The van der Waals surface area contributed by atoms with Crippen LogP contribution in [0.3, 0.4) is 0 Å². The summed E-state index contributed by atoms with van der Waals surface area (Å²) in [5.74, 6) is -0.863. The third kappa shape index (κ3) is 5.93. The second-order valence-corrected chi connectivity index (χ2v) is 9.46. The van der Waals surface area contributed by atoms with E-state index in [0.717, 1.165) is 70.6 Å². The Kier molecular flexibility index (Phi) is 10.4. The van der Waals surface area contributed by atoms with E-state index in [4.69, 9.17) is 19.6 Å². The van der Waals surface area contributed by atoms with Crippen LogP contribution in [-0.2, 0) is 19.6 Å². The highest BCUT2D eigenvalue weighted by Crippen LogP contribution is 2.49. The van der Waals surface area contributed by atoms with E-state index in [9.17, 15) is 0 Å². The van der Waals surface area contributed by atoms with Gasteiger partial charge in [0.05, 0.1) is 0 Å². The average molecular weight is 401 g/mol. The van der Waals surface area contributed by atoms with Crippen LogP contribution in [-0.4, -0.2) is 17.0 Å². The molecule has 0 spiro atoms. The van der Waals surface area contributed by atoms with E-state index in [1.165, 1.54) is 6.42 Å². The predicted molar refractivity (Wildman–Crippen MR) is 116 cm³/mol. The van der Waals surface area contributed by atoms with E-state index in [1.807, 2.05) is 0 Å². The molecule has 0 saturated heterocycles. The van der Waals surface area contributed by atoms with Crippen molar-refractivity contribution in [2.75, 3.05) is 0 Å². The molecular formula is C24H48O4. The van der Waals surface area contributed by atoms with Crippen molar-refractivity contribution in [2.24, 2.45) is 5.41 Å². The van der Waals surface area contributed by atoms with Gasteiger partial charge in [-0.05, 0) is 51.4 Å². The van der Waals surface area contributed by atoms with Gasteiger partial charge in [0.25, 0.3) is 0 Å². The zero-order valence-electron chi connectivity index (χ0n) is 20.1. The van der Waals surface area contributed by atoms with Crippen LogP contribution < -0.4 is 0 Å². The van der Waals surface area contributed by atoms with Gasteiger partial charge >= 0.3 is 0 Å². The molecule has 0 aliphatic heterocycles. The monoisotopic (exact) mass is 400 g/mol. The minimum atomic E-state index is -0.863. The van der Waals surface area contributed by atoms with E-state index in [2.05, 4.69) is 55.4 Å². The lowest BCUT2D eigenvalue weighted by Gasteiger charge is -2.49. The van der Waals surface area contributed by atoms with Crippen molar-refractivity contribution in [3.05, 3.63) is 0 Å². The summed E-state index contributed by atoms with van der Waals surface area (Å²) in [4.78, 5) is 25.1. The summed E-state index contributed by atoms with van der Waals surface area (Å²) in [7, 11) is 0. The minimum absolute atomic E-state index is 0.176. The molecule has 1 rings (SSSR count). The standard InChI is InChI=1S/C24H48O4/c1-9-17-22(11-3,12-4)25-27-24(20-16-15-19-21(24,7)8)28-26-23(13-5,14-6)18-10-2/h9-20H2,1-8H3. The van der Waals surface area contributed by atoms with Crippen molar-refractivity contribution in [1.82, 2.24) is 0 Å². The van der Waals surface area contributed by atoms with Crippen LogP contribution in [0.2, 0.25) is 0 Å². The number of rotatable bonds is 14. The van der Waals surface area contributed by atoms with Crippen LogP contribution >= 0.6 is 0 Å². The molecule has 0 aromatic heterocycles. The van der Waals surface area contributed by atoms with Crippen LogP contribution in [0.15, 0.2) is 0 Å². The van der Waals surface area contributed by atoms with Gasteiger partial charge in [0.1, 0.15) is 11.2 Å². The molecule has 168 valence electrons. The molecule has 0 amide bonds. The van der Waals surface area contributed by atoms with Gasteiger partial charge in [-0.15, -0.1) is 0 Å². The first kappa shape index (κ1) is 25.9. The predicted octanol–water partition coefficient (Wildman–Crippen LogP) is 7.90. The molecule has 0 radical (unpaired) electrons. The summed E-state index contributed by atoms with van der Waals surface area (Å²) >= 11 is 0. The van der Waals surface area contributed by atoms with E-state index in [0.29, 0.717) is 0 Å². The summed E-state index contributed by atoms with van der Waals surface area (Å²) in [6.45, 7) is 17.6. The number of hydrogen-bond donors (Lipinski definition) is 0. The smallest absolute Gasteiger partial charge is 0.227 e. The second-order valence-electron chi connectivity index (χ2n) is 9.46. The molecule has 0 aromatic rings. The van der Waals surface area contributed by atoms with Gasteiger partial charge in [0.15, 0.2) is 0 Å². The first-order chi connectivity index (χ1) is 13.2. The summed E-state index contributed by atoms with van der Waals surface area (Å²) in [5, 5.41) is 0. The van der Waals surface area contributed by atoms with Gasteiger partial charge in [0.2, 0.25) is 5.79 Å². The molecule has 0 unspecified atom stereocenters. The van der Waals surface area contributed by atoms with Crippen molar-refractivity contribution in [3.63, 3.8) is 0 Å². The molecule has 4 nitrogen and oxygen atoms in total. The Morgan fingerprint density at radius 2 is 1.04 bits per heavy atom.